The third-order valence-electron chi connectivity index (χ3n) is 1.99. The number of nitrogens with two attached hydrogens (primary N) is 1. The summed E-state index contributed by atoms with van der Waals surface area (Å²) >= 11 is 0. The van der Waals surface area contributed by atoms with Gasteiger partial charge in [0.1, 0.15) is 5.82 Å². The van der Waals surface area contributed by atoms with Gasteiger partial charge in [0, 0.05) is 18.3 Å². The van der Waals surface area contributed by atoms with Crippen molar-refractivity contribution in [1.29, 1.82) is 0 Å². The van der Waals surface area contributed by atoms with Crippen LogP contribution in [0.1, 0.15) is 25.1 Å². The molecule has 0 saturated carbocycles. The van der Waals surface area contributed by atoms with Gasteiger partial charge in [0.15, 0.2) is 0 Å². The monoisotopic (exact) mass is 153 g/mol. The van der Waals surface area contributed by atoms with Crippen LogP contribution in [0.3, 0.4) is 0 Å². The number of nitrogens with zero attached hydrogens (tertiary/aromatic N) is 2. The molecule has 0 aromatic carbocycles. The van der Waals surface area contributed by atoms with E-state index in [1.165, 1.54) is 11.3 Å². The lowest BCUT2D eigenvalue weighted by Crippen LogP contribution is -1.97. The first-order valence-electron chi connectivity index (χ1n) is 4.00. The second-order valence-corrected chi connectivity index (χ2v) is 2.64. The van der Waals surface area contributed by atoms with E-state index < -0.39 is 0 Å². The molecule has 0 unspecified atom stereocenters. The van der Waals surface area contributed by atoms with Crippen molar-refractivity contribution in [2.24, 2.45) is 7.05 Å². The highest BCUT2D eigenvalue weighted by Crippen LogP contribution is 2.16. The molecule has 0 fully saturated rings. The van der Waals surface area contributed by atoms with E-state index in [0.29, 0.717) is 5.82 Å². The topological polar surface area (TPSA) is 43.8 Å². The minimum Gasteiger partial charge on any atom is -0.382 e. The maximum Gasteiger partial charge on any atom is 0.148 e. The second-order valence-electron chi connectivity index (χ2n) is 2.64. The predicted molar refractivity (Wildman–Crippen MR) is 46.4 cm³/mol. The number of hydrogen-bond acceptors (Lipinski definition) is 2. The average molecular weight is 153 g/mol. The van der Waals surface area contributed by atoms with E-state index in [1.807, 2.05) is 11.7 Å². The number of anilines is 1. The summed E-state index contributed by atoms with van der Waals surface area (Å²) in [6.07, 6.45) is 1.98. The van der Waals surface area contributed by atoms with Crippen LogP contribution < -0.4 is 5.73 Å². The highest BCUT2D eigenvalue weighted by atomic mass is 15.3. The quantitative estimate of drug-likeness (QED) is 0.692. The van der Waals surface area contributed by atoms with Crippen molar-refractivity contribution in [2.45, 2.75) is 26.7 Å². The minimum absolute atomic E-state index is 0.687. The Bertz CT molecular complexity index is 226. The summed E-state index contributed by atoms with van der Waals surface area (Å²) in [5.41, 5.74) is 8.15. The summed E-state index contributed by atoms with van der Waals surface area (Å²) in [6, 6.07) is 0. The van der Waals surface area contributed by atoms with Crippen molar-refractivity contribution in [3.63, 3.8) is 0 Å². The molecule has 0 aliphatic carbocycles. The molecule has 3 heteroatoms. The Kier molecular flexibility index (Phi) is 2.17. The molecule has 11 heavy (non-hydrogen) atoms. The molecule has 0 bridgehead atoms. The van der Waals surface area contributed by atoms with Crippen molar-refractivity contribution in [3.8, 4) is 0 Å². The Morgan fingerprint density at radius 3 is 2.36 bits per heavy atom. The Labute approximate surface area is 67.2 Å². The highest BCUT2D eigenvalue weighted by molar-refractivity contribution is 5.42. The summed E-state index contributed by atoms with van der Waals surface area (Å²) in [5, 5.41) is 4.15. The zero-order chi connectivity index (χ0) is 8.43. The van der Waals surface area contributed by atoms with Crippen LogP contribution in [-0.2, 0) is 19.9 Å². The van der Waals surface area contributed by atoms with Gasteiger partial charge in [-0.15, -0.1) is 0 Å². The number of aromatic nitrogens is 2. The molecule has 1 rings (SSSR count). The number of rotatable bonds is 2. The molecule has 1 aromatic heterocycles. The summed E-state index contributed by atoms with van der Waals surface area (Å²) in [4.78, 5) is 0. The molecule has 0 aliphatic heterocycles. The number of aryl methyl sites for hydroxylation is 1. The fourth-order valence-electron chi connectivity index (χ4n) is 1.45. The normalized spacial score (nSPS) is 10.5. The zero-order valence-corrected chi connectivity index (χ0v) is 7.39. The lowest BCUT2D eigenvalue weighted by Gasteiger charge is -1.99. The SMILES string of the molecule is CCc1c(N)nn(C)c1CC. The fraction of sp³-hybridized carbons (Fsp3) is 0.625. The Morgan fingerprint density at radius 2 is 2.00 bits per heavy atom. The van der Waals surface area contributed by atoms with Crippen molar-refractivity contribution in [2.75, 3.05) is 5.73 Å². The minimum atomic E-state index is 0.687. The Balaban J connectivity index is 3.17. The van der Waals surface area contributed by atoms with Gasteiger partial charge in [-0.1, -0.05) is 13.8 Å². The predicted octanol–water partition coefficient (Wildman–Crippen LogP) is 1.13. The van der Waals surface area contributed by atoms with E-state index in [0.717, 1.165) is 12.8 Å². The average Bonchev–Trinajstić information content (AvgIpc) is 2.24. The van der Waals surface area contributed by atoms with Gasteiger partial charge >= 0.3 is 0 Å². The standard InChI is InChI=1S/C8H15N3/c1-4-6-7(5-2)11(3)10-8(6)9/h4-5H2,1-3H3,(H2,9,10). The van der Waals surface area contributed by atoms with Gasteiger partial charge in [-0.05, 0) is 12.8 Å². The molecular formula is C8H15N3. The van der Waals surface area contributed by atoms with Gasteiger partial charge in [-0.3, -0.25) is 4.68 Å². The van der Waals surface area contributed by atoms with Crippen molar-refractivity contribution >= 4 is 5.82 Å². The van der Waals surface area contributed by atoms with Gasteiger partial charge in [0.05, 0.1) is 0 Å². The van der Waals surface area contributed by atoms with Crippen molar-refractivity contribution < 1.29 is 0 Å². The van der Waals surface area contributed by atoms with Crippen LogP contribution >= 0.6 is 0 Å². The molecule has 2 N–H and O–H groups in total. The van der Waals surface area contributed by atoms with Crippen LogP contribution in [0.5, 0.6) is 0 Å². The van der Waals surface area contributed by atoms with Crippen LogP contribution in [0.4, 0.5) is 5.82 Å². The van der Waals surface area contributed by atoms with E-state index in [-0.39, 0.29) is 0 Å². The van der Waals surface area contributed by atoms with Crippen LogP contribution in [0.25, 0.3) is 0 Å². The van der Waals surface area contributed by atoms with E-state index in [9.17, 15) is 0 Å². The van der Waals surface area contributed by atoms with E-state index in [4.69, 9.17) is 5.73 Å². The van der Waals surface area contributed by atoms with E-state index in [1.54, 1.807) is 0 Å². The van der Waals surface area contributed by atoms with Gasteiger partial charge < -0.3 is 5.73 Å². The van der Waals surface area contributed by atoms with Gasteiger partial charge in [-0.25, -0.2) is 0 Å². The molecule has 0 aliphatic rings. The van der Waals surface area contributed by atoms with E-state index in [2.05, 4.69) is 18.9 Å². The van der Waals surface area contributed by atoms with Crippen molar-refractivity contribution in [1.82, 2.24) is 9.78 Å². The molecule has 3 nitrogen and oxygen atoms in total. The molecule has 0 spiro atoms. The molecule has 0 saturated heterocycles. The first-order chi connectivity index (χ1) is 5.20. The zero-order valence-electron chi connectivity index (χ0n) is 7.39. The Hall–Kier alpha value is -0.990. The lowest BCUT2D eigenvalue weighted by molar-refractivity contribution is 0.717. The molecule has 0 amide bonds. The summed E-state index contributed by atoms with van der Waals surface area (Å²) in [5.74, 6) is 0.687. The molecule has 0 radical (unpaired) electrons. The summed E-state index contributed by atoms with van der Waals surface area (Å²) < 4.78 is 1.87. The maximum atomic E-state index is 5.70. The van der Waals surface area contributed by atoms with E-state index >= 15 is 0 Å². The first kappa shape index (κ1) is 8.11. The fourth-order valence-corrected chi connectivity index (χ4v) is 1.45. The molecule has 62 valence electrons. The Morgan fingerprint density at radius 1 is 1.36 bits per heavy atom. The van der Waals surface area contributed by atoms with Gasteiger partial charge in [0.2, 0.25) is 0 Å². The maximum absolute atomic E-state index is 5.70. The van der Waals surface area contributed by atoms with Gasteiger partial charge in [-0.2, -0.15) is 5.10 Å². The number of nitrogen functional groups attached to an aromatic ring is 1. The summed E-state index contributed by atoms with van der Waals surface area (Å²) in [7, 11) is 1.94. The number of hydrogen-bond donors (Lipinski definition) is 1. The van der Waals surface area contributed by atoms with Crippen molar-refractivity contribution in [3.05, 3.63) is 11.3 Å². The lowest BCUT2D eigenvalue weighted by atomic mass is 10.1. The summed E-state index contributed by atoms with van der Waals surface area (Å²) in [6.45, 7) is 4.22. The first-order valence-corrected chi connectivity index (χ1v) is 4.00. The molecular weight excluding hydrogens is 138 g/mol. The van der Waals surface area contributed by atoms with Crippen LogP contribution in [0, 0.1) is 0 Å². The smallest absolute Gasteiger partial charge is 0.148 e. The highest BCUT2D eigenvalue weighted by Gasteiger charge is 2.08. The van der Waals surface area contributed by atoms with Crippen LogP contribution in [-0.4, -0.2) is 9.78 Å². The largest absolute Gasteiger partial charge is 0.382 e. The third-order valence-corrected chi connectivity index (χ3v) is 1.99. The molecule has 1 heterocycles. The molecule has 0 atom stereocenters. The second kappa shape index (κ2) is 2.95. The van der Waals surface area contributed by atoms with Gasteiger partial charge in [0.25, 0.3) is 0 Å². The third kappa shape index (κ3) is 1.23. The molecule has 1 aromatic rings. The van der Waals surface area contributed by atoms with Crippen LogP contribution in [0.15, 0.2) is 0 Å². The van der Waals surface area contributed by atoms with Crippen LogP contribution in [0.2, 0.25) is 0 Å².